The summed E-state index contributed by atoms with van der Waals surface area (Å²) in [5.74, 6) is 0.660. The lowest BCUT2D eigenvalue weighted by molar-refractivity contribution is 0.219. The monoisotopic (exact) mass is 271 g/mol. The summed E-state index contributed by atoms with van der Waals surface area (Å²) in [5, 5.41) is 1.14. The number of aromatic nitrogens is 2. The van der Waals surface area contributed by atoms with Gasteiger partial charge in [-0.15, -0.1) is 0 Å². The summed E-state index contributed by atoms with van der Waals surface area (Å²) in [6.45, 7) is 3.31. The fraction of sp³-hybridized carbons (Fsp3) is 0.562. The fourth-order valence-corrected chi connectivity index (χ4v) is 3.39. The molecule has 106 valence electrons. The standard InChI is InChI=1S/C16H21N3O/c20-16-15-13(14(9-17-16)11-4-5-11)8-12(18-15)10-19-6-2-1-3-7-19/h8-9,11,18H,1-7,10H2,(H,17,20). The second kappa shape index (κ2) is 4.77. The summed E-state index contributed by atoms with van der Waals surface area (Å²) in [5.41, 5.74) is 3.27. The first kappa shape index (κ1) is 12.2. The second-order valence-corrected chi connectivity index (χ2v) is 6.27. The zero-order chi connectivity index (χ0) is 13.5. The fourth-order valence-electron chi connectivity index (χ4n) is 3.39. The third-order valence-electron chi connectivity index (χ3n) is 4.63. The van der Waals surface area contributed by atoms with E-state index in [1.165, 1.54) is 56.5 Å². The highest BCUT2D eigenvalue weighted by atomic mass is 16.1. The average molecular weight is 271 g/mol. The average Bonchev–Trinajstić information content (AvgIpc) is 3.21. The van der Waals surface area contributed by atoms with Crippen LogP contribution in [0.3, 0.4) is 0 Å². The quantitative estimate of drug-likeness (QED) is 0.902. The molecule has 2 aliphatic rings. The zero-order valence-corrected chi connectivity index (χ0v) is 11.7. The molecule has 0 atom stereocenters. The first-order chi connectivity index (χ1) is 9.81. The van der Waals surface area contributed by atoms with E-state index in [1.807, 2.05) is 6.20 Å². The van der Waals surface area contributed by atoms with E-state index >= 15 is 0 Å². The van der Waals surface area contributed by atoms with Crippen molar-refractivity contribution in [2.45, 2.75) is 44.6 Å². The van der Waals surface area contributed by atoms with Gasteiger partial charge in [0.15, 0.2) is 0 Å². The summed E-state index contributed by atoms with van der Waals surface area (Å²) in [4.78, 5) is 20.7. The van der Waals surface area contributed by atoms with Gasteiger partial charge in [-0.2, -0.15) is 0 Å². The van der Waals surface area contributed by atoms with E-state index in [0.29, 0.717) is 5.92 Å². The van der Waals surface area contributed by atoms with Crippen LogP contribution in [-0.2, 0) is 6.54 Å². The van der Waals surface area contributed by atoms with E-state index < -0.39 is 0 Å². The molecule has 1 aliphatic heterocycles. The zero-order valence-electron chi connectivity index (χ0n) is 11.7. The van der Waals surface area contributed by atoms with Crippen molar-refractivity contribution in [2.24, 2.45) is 0 Å². The van der Waals surface area contributed by atoms with Crippen molar-refractivity contribution in [1.82, 2.24) is 14.9 Å². The minimum absolute atomic E-state index is 0.00861. The third kappa shape index (κ3) is 2.18. The molecule has 0 radical (unpaired) electrons. The molecule has 4 heteroatoms. The van der Waals surface area contributed by atoms with Crippen LogP contribution in [0.15, 0.2) is 17.1 Å². The van der Waals surface area contributed by atoms with Crippen LogP contribution in [-0.4, -0.2) is 28.0 Å². The highest BCUT2D eigenvalue weighted by Gasteiger charge is 2.26. The van der Waals surface area contributed by atoms with Gasteiger partial charge in [-0.3, -0.25) is 9.69 Å². The van der Waals surface area contributed by atoms with Gasteiger partial charge in [-0.1, -0.05) is 6.42 Å². The number of likely N-dealkylation sites (tertiary alicyclic amines) is 1. The van der Waals surface area contributed by atoms with Crippen molar-refractivity contribution >= 4 is 10.9 Å². The molecule has 1 aliphatic carbocycles. The summed E-state index contributed by atoms with van der Waals surface area (Å²) in [6.07, 6.45) is 8.39. The van der Waals surface area contributed by atoms with Crippen LogP contribution in [0.1, 0.15) is 49.3 Å². The maximum absolute atomic E-state index is 12.0. The van der Waals surface area contributed by atoms with Crippen molar-refractivity contribution in [2.75, 3.05) is 13.1 Å². The molecule has 0 bridgehead atoms. The van der Waals surface area contributed by atoms with Gasteiger partial charge in [0.05, 0.1) is 0 Å². The maximum Gasteiger partial charge on any atom is 0.272 e. The molecule has 1 saturated carbocycles. The number of fused-ring (bicyclic) bond motifs is 1. The molecule has 2 aromatic rings. The Labute approximate surface area is 118 Å². The van der Waals surface area contributed by atoms with Crippen LogP contribution in [0.2, 0.25) is 0 Å². The van der Waals surface area contributed by atoms with Crippen molar-refractivity contribution in [3.05, 3.63) is 33.9 Å². The molecule has 0 spiro atoms. The first-order valence-electron chi connectivity index (χ1n) is 7.77. The van der Waals surface area contributed by atoms with Crippen LogP contribution in [0.25, 0.3) is 10.9 Å². The van der Waals surface area contributed by atoms with Gasteiger partial charge >= 0.3 is 0 Å². The van der Waals surface area contributed by atoms with Gasteiger partial charge in [0.2, 0.25) is 0 Å². The van der Waals surface area contributed by atoms with E-state index in [1.54, 1.807) is 0 Å². The van der Waals surface area contributed by atoms with Gasteiger partial charge in [0, 0.05) is 23.8 Å². The number of nitrogens with zero attached hydrogens (tertiary/aromatic N) is 1. The molecule has 2 N–H and O–H groups in total. The minimum Gasteiger partial charge on any atom is -0.353 e. The Bertz CT molecular complexity index is 675. The second-order valence-electron chi connectivity index (χ2n) is 6.27. The van der Waals surface area contributed by atoms with Crippen molar-refractivity contribution in [3.8, 4) is 0 Å². The predicted molar refractivity (Wildman–Crippen MR) is 80.0 cm³/mol. The SMILES string of the molecule is O=c1[nH]cc(C2CC2)c2cc(CN3CCCCC3)[nH]c12. The van der Waals surface area contributed by atoms with E-state index in [0.717, 1.165) is 17.4 Å². The topological polar surface area (TPSA) is 51.9 Å². The normalized spacial score (nSPS) is 20.6. The van der Waals surface area contributed by atoms with Crippen LogP contribution in [0, 0.1) is 0 Å². The molecule has 4 nitrogen and oxygen atoms in total. The number of rotatable bonds is 3. The molecule has 20 heavy (non-hydrogen) atoms. The Hall–Kier alpha value is -1.55. The van der Waals surface area contributed by atoms with Gasteiger partial charge in [0.1, 0.15) is 5.52 Å². The molecule has 3 heterocycles. The summed E-state index contributed by atoms with van der Waals surface area (Å²) in [7, 11) is 0. The van der Waals surface area contributed by atoms with Gasteiger partial charge in [-0.25, -0.2) is 0 Å². The lowest BCUT2D eigenvalue weighted by Crippen LogP contribution is -2.29. The lowest BCUT2D eigenvalue weighted by atomic mass is 10.1. The highest BCUT2D eigenvalue weighted by Crippen LogP contribution is 2.42. The molecule has 2 aromatic heterocycles. The molecular formula is C16H21N3O. The maximum atomic E-state index is 12.0. The number of pyridine rings is 1. The smallest absolute Gasteiger partial charge is 0.272 e. The number of hydrogen-bond donors (Lipinski definition) is 2. The molecule has 0 amide bonds. The Morgan fingerprint density at radius 2 is 2.00 bits per heavy atom. The minimum atomic E-state index is 0.00861. The third-order valence-corrected chi connectivity index (χ3v) is 4.63. The van der Waals surface area contributed by atoms with Crippen LogP contribution in [0.5, 0.6) is 0 Å². The Morgan fingerprint density at radius 1 is 1.20 bits per heavy atom. The van der Waals surface area contributed by atoms with E-state index in [9.17, 15) is 4.79 Å². The molecule has 0 unspecified atom stereocenters. The van der Waals surface area contributed by atoms with Crippen LogP contribution < -0.4 is 5.56 Å². The molecule has 2 fully saturated rings. The summed E-state index contributed by atoms with van der Waals surface area (Å²) in [6, 6.07) is 2.20. The number of hydrogen-bond acceptors (Lipinski definition) is 2. The van der Waals surface area contributed by atoms with Crippen molar-refractivity contribution < 1.29 is 0 Å². The van der Waals surface area contributed by atoms with Crippen molar-refractivity contribution in [3.63, 3.8) is 0 Å². The number of aromatic amines is 2. The Kier molecular flexibility index (Phi) is 2.91. The van der Waals surface area contributed by atoms with Crippen LogP contribution in [0.4, 0.5) is 0 Å². The molecular weight excluding hydrogens is 250 g/mol. The van der Waals surface area contributed by atoms with Crippen molar-refractivity contribution in [1.29, 1.82) is 0 Å². The Morgan fingerprint density at radius 3 is 2.75 bits per heavy atom. The van der Waals surface area contributed by atoms with Gasteiger partial charge in [-0.05, 0) is 56.3 Å². The predicted octanol–water partition coefficient (Wildman–Crippen LogP) is 2.72. The summed E-state index contributed by atoms with van der Waals surface area (Å²) < 4.78 is 0. The van der Waals surface area contributed by atoms with E-state index in [4.69, 9.17) is 0 Å². The first-order valence-corrected chi connectivity index (χ1v) is 7.77. The van der Waals surface area contributed by atoms with Gasteiger partial charge in [0.25, 0.3) is 5.56 Å². The van der Waals surface area contributed by atoms with E-state index in [2.05, 4.69) is 20.9 Å². The van der Waals surface area contributed by atoms with E-state index in [-0.39, 0.29) is 5.56 Å². The molecule has 0 aromatic carbocycles. The number of piperidine rings is 1. The number of nitrogens with one attached hydrogen (secondary N) is 2. The van der Waals surface area contributed by atoms with Crippen LogP contribution >= 0.6 is 0 Å². The molecule has 1 saturated heterocycles. The highest BCUT2D eigenvalue weighted by molar-refractivity contribution is 5.83. The number of H-pyrrole nitrogens is 2. The summed E-state index contributed by atoms with van der Waals surface area (Å²) >= 11 is 0. The lowest BCUT2D eigenvalue weighted by Gasteiger charge is -2.25. The van der Waals surface area contributed by atoms with Gasteiger partial charge < -0.3 is 9.97 Å². The molecule has 4 rings (SSSR count). The Balaban J connectivity index is 1.68. The largest absolute Gasteiger partial charge is 0.353 e.